The van der Waals surface area contributed by atoms with Crippen LogP contribution in [0, 0.1) is 17.1 Å². The molecule has 0 aromatic heterocycles. The van der Waals surface area contributed by atoms with E-state index in [2.05, 4.69) is 6.92 Å². The van der Waals surface area contributed by atoms with Crippen LogP contribution in [0.5, 0.6) is 11.5 Å². The Morgan fingerprint density at radius 1 is 1.14 bits per heavy atom. The Kier molecular flexibility index (Phi) is 4.78. The number of aryl methyl sites for hydroxylation is 1. The minimum absolute atomic E-state index is 0.0448. The largest absolute Gasteiger partial charge is 0.493 e. The van der Waals surface area contributed by atoms with Crippen LogP contribution in [-0.4, -0.2) is 7.11 Å². The molecule has 0 atom stereocenters. The van der Waals surface area contributed by atoms with Gasteiger partial charge in [-0.15, -0.1) is 0 Å². The standard InChI is InChI=1S/C17H16FNO2/c1-3-12-5-7-16(17(9-12)20-2)21-11-14-8-13(10-19)4-6-15(14)18/h4-9H,3,11H2,1-2H3. The van der Waals surface area contributed by atoms with Crippen LogP contribution < -0.4 is 9.47 Å². The lowest BCUT2D eigenvalue weighted by Gasteiger charge is -2.12. The van der Waals surface area contributed by atoms with E-state index in [1.807, 2.05) is 24.3 Å². The molecule has 0 saturated heterocycles. The van der Waals surface area contributed by atoms with Gasteiger partial charge in [-0.3, -0.25) is 0 Å². The van der Waals surface area contributed by atoms with Gasteiger partial charge in [-0.25, -0.2) is 4.39 Å². The second-order valence-corrected chi connectivity index (χ2v) is 4.55. The van der Waals surface area contributed by atoms with Crippen molar-refractivity contribution in [1.82, 2.24) is 0 Å². The first kappa shape index (κ1) is 14.9. The summed E-state index contributed by atoms with van der Waals surface area (Å²) < 4.78 is 24.6. The zero-order chi connectivity index (χ0) is 15.2. The molecular weight excluding hydrogens is 269 g/mol. The Morgan fingerprint density at radius 3 is 2.62 bits per heavy atom. The molecule has 0 bridgehead atoms. The number of ether oxygens (including phenoxy) is 2. The molecule has 0 unspecified atom stereocenters. The van der Waals surface area contributed by atoms with Crippen LogP contribution in [0.3, 0.4) is 0 Å². The second-order valence-electron chi connectivity index (χ2n) is 4.55. The predicted molar refractivity (Wildman–Crippen MR) is 77.8 cm³/mol. The van der Waals surface area contributed by atoms with Crippen LogP contribution in [0.15, 0.2) is 36.4 Å². The fraction of sp³-hybridized carbons (Fsp3) is 0.235. The smallest absolute Gasteiger partial charge is 0.161 e. The maximum absolute atomic E-state index is 13.7. The summed E-state index contributed by atoms with van der Waals surface area (Å²) in [6, 6.07) is 11.8. The summed E-state index contributed by atoms with van der Waals surface area (Å²) in [5, 5.41) is 8.84. The molecule has 2 rings (SSSR count). The van der Waals surface area contributed by atoms with E-state index in [0.717, 1.165) is 12.0 Å². The summed E-state index contributed by atoms with van der Waals surface area (Å²) in [4.78, 5) is 0. The summed E-state index contributed by atoms with van der Waals surface area (Å²) in [5.41, 5.74) is 1.89. The van der Waals surface area contributed by atoms with Crippen LogP contribution in [0.4, 0.5) is 4.39 Å². The maximum Gasteiger partial charge on any atom is 0.161 e. The fourth-order valence-corrected chi connectivity index (χ4v) is 1.96. The molecule has 108 valence electrons. The van der Waals surface area contributed by atoms with Gasteiger partial charge in [0.1, 0.15) is 12.4 Å². The zero-order valence-corrected chi connectivity index (χ0v) is 12.0. The first-order valence-electron chi connectivity index (χ1n) is 6.66. The minimum atomic E-state index is -0.391. The van der Waals surface area contributed by atoms with Gasteiger partial charge in [0.25, 0.3) is 0 Å². The van der Waals surface area contributed by atoms with Gasteiger partial charge in [-0.1, -0.05) is 13.0 Å². The highest BCUT2D eigenvalue weighted by molar-refractivity contribution is 5.43. The van der Waals surface area contributed by atoms with Gasteiger partial charge in [-0.05, 0) is 42.3 Å². The molecule has 0 aliphatic rings. The summed E-state index contributed by atoms with van der Waals surface area (Å²) in [5.74, 6) is 0.779. The summed E-state index contributed by atoms with van der Waals surface area (Å²) in [6.45, 7) is 2.10. The number of nitriles is 1. The van der Waals surface area contributed by atoms with E-state index in [1.54, 1.807) is 7.11 Å². The molecule has 0 spiro atoms. The van der Waals surface area contributed by atoms with E-state index >= 15 is 0 Å². The van der Waals surface area contributed by atoms with Crippen molar-refractivity contribution < 1.29 is 13.9 Å². The molecule has 2 aromatic carbocycles. The lowest BCUT2D eigenvalue weighted by atomic mass is 10.1. The normalized spacial score (nSPS) is 10.0. The van der Waals surface area contributed by atoms with E-state index in [1.165, 1.54) is 18.2 Å². The number of methoxy groups -OCH3 is 1. The average molecular weight is 285 g/mol. The van der Waals surface area contributed by atoms with Crippen molar-refractivity contribution in [2.75, 3.05) is 7.11 Å². The number of halogens is 1. The topological polar surface area (TPSA) is 42.2 Å². The van der Waals surface area contributed by atoms with Crippen LogP contribution >= 0.6 is 0 Å². The third kappa shape index (κ3) is 3.51. The van der Waals surface area contributed by atoms with Crippen molar-refractivity contribution >= 4 is 0 Å². The Balaban J connectivity index is 2.18. The van der Waals surface area contributed by atoms with E-state index in [9.17, 15) is 4.39 Å². The van der Waals surface area contributed by atoms with Gasteiger partial charge in [0.2, 0.25) is 0 Å². The molecule has 21 heavy (non-hydrogen) atoms. The lowest BCUT2D eigenvalue weighted by Crippen LogP contribution is -2.01. The molecule has 0 aliphatic heterocycles. The van der Waals surface area contributed by atoms with Crippen LogP contribution in [0.25, 0.3) is 0 Å². The molecule has 3 nitrogen and oxygen atoms in total. The van der Waals surface area contributed by atoms with E-state index < -0.39 is 5.82 Å². The van der Waals surface area contributed by atoms with Gasteiger partial charge in [0, 0.05) is 5.56 Å². The molecular formula is C17H16FNO2. The van der Waals surface area contributed by atoms with Gasteiger partial charge in [0.15, 0.2) is 11.5 Å². The molecule has 0 fully saturated rings. The molecule has 0 radical (unpaired) electrons. The van der Waals surface area contributed by atoms with Crippen LogP contribution in [-0.2, 0) is 13.0 Å². The molecule has 0 aliphatic carbocycles. The Bertz CT molecular complexity index is 677. The first-order valence-corrected chi connectivity index (χ1v) is 6.66. The summed E-state index contributed by atoms with van der Waals surface area (Å²) >= 11 is 0. The van der Waals surface area contributed by atoms with Crippen molar-refractivity contribution in [3.63, 3.8) is 0 Å². The SMILES string of the molecule is CCc1ccc(OCc2cc(C#N)ccc2F)c(OC)c1. The summed E-state index contributed by atoms with van der Waals surface area (Å²) in [6.07, 6.45) is 0.898. The third-order valence-corrected chi connectivity index (χ3v) is 3.19. The third-order valence-electron chi connectivity index (χ3n) is 3.19. The van der Waals surface area contributed by atoms with Gasteiger partial charge in [0.05, 0.1) is 18.7 Å². The van der Waals surface area contributed by atoms with Crippen molar-refractivity contribution in [1.29, 1.82) is 5.26 Å². The Morgan fingerprint density at radius 2 is 1.95 bits per heavy atom. The zero-order valence-electron chi connectivity index (χ0n) is 12.0. The molecule has 4 heteroatoms. The number of benzene rings is 2. The maximum atomic E-state index is 13.7. The van der Waals surface area contributed by atoms with Crippen molar-refractivity contribution in [2.24, 2.45) is 0 Å². The first-order chi connectivity index (χ1) is 10.2. The number of rotatable bonds is 5. The minimum Gasteiger partial charge on any atom is -0.493 e. The van der Waals surface area contributed by atoms with Gasteiger partial charge < -0.3 is 9.47 Å². The predicted octanol–water partition coefficient (Wildman–Crippen LogP) is 3.85. The highest BCUT2D eigenvalue weighted by Crippen LogP contribution is 2.29. The Labute approximate surface area is 123 Å². The monoisotopic (exact) mass is 285 g/mol. The molecule has 0 saturated carbocycles. The highest BCUT2D eigenvalue weighted by atomic mass is 19.1. The number of hydrogen-bond acceptors (Lipinski definition) is 3. The molecule has 0 heterocycles. The highest BCUT2D eigenvalue weighted by Gasteiger charge is 2.08. The van der Waals surface area contributed by atoms with Gasteiger partial charge >= 0.3 is 0 Å². The number of hydrogen-bond donors (Lipinski definition) is 0. The number of nitrogens with zero attached hydrogens (tertiary/aromatic N) is 1. The fourth-order valence-electron chi connectivity index (χ4n) is 1.96. The van der Waals surface area contributed by atoms with Gasteiger partial charge in [-0.2, -0.15) is 5.26 Å². The Hall–Kier alpha value is -2.54. The average Bonchev–Trinajstić information content (AvgIpc) is 2.54. The van der Waals surface area contributed by atoms with Crippen molar-refractivity contribution in [3.8, 4) is 17.6 Å². The van der Waals surface area contributed by atoms with Crippen LogP contribution in [0.2, 0.25) is 0 Å². The molecule has 2 aromatic rings. The van der Waals surface area contributed by atoms with E-state index in [-0.39, 0.29) is 6.61 Å². The lowest BCUT2D eigenvalue weighted by molar-refractivity contribution is 0.279. The van der Waals surface area contributed by atoms with Crippen molar-refractivity contribution in [3.05, 3.63) is 58.9 Å². The molecule has 0 amide bonds. The second kappa shape index (κ2) is 6.76. The van der Waals surface area contributed by atoms with E-state index in [4.69, 9.17) is 14.7 Å². The van der Waals surface area contributed by atoms with E-state index in [0.29, 0.717) is 22.6 Å². The van der Waals surface area contributed by atoms with Crippen molar-refractivity contribution in [2.45, 2.75) is 20.0 Å². The molecule has 0 N–H and O–H groups in total. The van der Waals surface area contributed by atoms with Crippen LogP contribution in [0.1, 0.15) is 23.6 Å². The summed E-state index contributed by atoms with van der Waals surface area (Å²) in [7, 11) is 1.57. The quantitative estimate of drug-likeness (QED) is 0.838.